The maximum absolute atomic E-state index is 10.2. The number of halogens is 1. The topological polar surface area (TPSA) is 47.9 Å². The molecule has 136 valence electrons. The van der Waals surface area contributed by atoms with E-state index in [9.17, 15) is 5.11 Å². The van der Waals surface area contributed by atoms with Gasteiger partial charge < -0.3 is 19.3 Å². The summed E-state index contributed by atoms with van der Waals surface area (Å²) in [5, 5.41) is 10.9. The van der Waals surface area contributed by atoms with Crippen LogP contribution in [-0.4, -0.2) is 19.3 Å². The molecule has 0 radical (unpaired) electrons. The molecule has 0 heterocycles. The Bertz CT molecular complexity index is 726. The van der Waals surface area contributed by atoms with Gasteiger partial charge in [0.1, 0.15) is 11.5 Å². The largest absolute Gasteiger partial charge is 0.457 e. The molecule has 4 nitrogen and oxygen atoms in total. The lowest BCUT2D eigenvalue weighted by Gasteiger charge is -2.21. The van der Waals surface area contributed by atoms with Gasteiger partial charge in [-0.25, -0.2) is 0 Å². The molecule has 1 N–H and O–H groups in total. The Morgan fingerprint density at radius 2 is 1.68 bits per heavy atom. The van der Waals surface area contributed by atoms with E-state index in [-0.39, 0.29) is 0 Å². The zero-order valence-electron chi connectivity index (χ0n) is 15.3. The zero-order chi connectivity index (χ0) is 18.6. The van der Waals surface area contributed by atoms with Crippen molar-refractivity contribution in [2.45, 2.75) is 39.6 Å². The van der Waals surface area contributed by atoms with Crippen molar-refractivity contribution in [1.82, 2.24) is 0 Å². The summed E-state index contributed by atoms with van der Waals surface area (Å²) in [6, 6.07) is 9.21. The standard InChI is InChI=1S/C20H25ClO4/c1-6-17(22)14-7-8-15(20(23-4)24-5)19(11-14)25-18-10-9-16(21)12(2)13(18)3/h7-11,17,20,22H,6H2,1-5H3. The van der Waals surface area contributed by atoms with Crippen LogP contribution in [0.3, 0.4) is 0 Å². The van der Waals surface area contributed by atoms with Gasteiger partial charge in [0, 0.05) is 19.2 Å². The molecule has 2 rings (SSSR count). The number of aliphatic hydroxyl groups excluding tert-OH is 1. The summed E-state index contributed by atoms with van der Waals surface area (Å²) in [5.41, 5.74) is 3.48. The maximum Gasteiger partial charge on any atom is 0.186 e. The number of benzene rings is 2. The number of hydrogen-bond donors (Lipinski definition) is 1. The van der Waals surface area contributed by atoms with Gasteiger partial charge in [0.05, 0.1) is 11.7 Å². The summed E-state index contributed by atoms with van der Waals surface area (Å²) in [6.07, 6.45) is -0.486. The van der Waals surface area contributed by atoms with Crippen LogP contribution in [0.5, 0.6) is 11.5 Å². The minimum absolute atomic E-state index is 0.548. The Hall–Kier alpha value is -1.59. The van der Waals surface area contributed by atoms with Gasteiger partial charge in [-0.1, -0.05) is 24.6 Å². The van der Waals surface area contributed by atoms with E-state index >= 15 is 0 Å². The molecule has 0 amide bonds. The molecule has 0 aliphatic rings. The summed E-state index contributed by atoms with van der Waals surface area (Å²) in [5.74, 6) is 1.29. The first-order valence-corrected chi connectivity index (χ1v) is 8.61. The first-order chi connectivity index (χ1) is 11.9. The lowest BCUT2D eigenvalue weighted by atomic mass is 10.0. The van der Waals surface area contributed by atoms with Gasteiger partial charge in [-0.3, -0.25) is 0 Å². The Morgan fingerprint density at radius 3 is 2.28 bits per heavy atom. The highest BCUT2D eigenvalue weighted by molar-refractivity contribution is 6.31. The molecule has 0 fully saturated rings. The van der Waals surface area contributed by atoms with Crippen molar-refractivity contribution in [3.05, 3.63) is 57.6 Å². The maximum atomic E-state index is 10.2. The minimum atomic E-state index is -0.559. The predicted molar refractivity (Wildman–Crippen MR) is 99.5 cm³/mol. The molecular weight excluding hydrogens is 340 g/mol. The van der Waals surface area contributed by atoms with Gasteiger partial charge in [-0.15, -0.1) is 0 Å². The Kier molecular flexibility index (Phi) is 6.85. The van der Waals surface area contributed by atoms with E-state index in [1.165, 1.54) is 0 Å². The van der Waals surface area contributed by atoms with Crippen molar-refractivity contribution in [2.75, 3.05) is 14.2 Å². The van der Waals surface area contributed by atoms with Crippen LogP contribution in [0.1, 0.15) is 48.0 Å². The molecule has 1 unspecified atom stereocenters. The molecule has 2 aromatic carbocycles. The van der Waals surface area contributed by atoms with Crippen LogP contribution < -0.4 is 4.74 Å². The molecule has 0 aliphatic heterocycles. The summed E-state index contributed by atoms with van der Waals surface area (Å²) in [7, 11) is 3.15. The predicted octanol–water partition coefficient (Wildman–Crippen LogP) is 5.48. The van der Waals surface area contributed by atoms with Gasteiger partial charge in [-0.05, 0) is 61.2 Å². The van der Waals surface area contributed by atoms with Gasteiger partial charge in [0.15, 0.2) is 6.29 Å². The van der Waals surface area contributed by atoms with Gasteiger partial charge in [-0.2, -0.15) is 0 Å². The molecule has 0 spiro atoms. The van der Waals surface area contributed by atoms with Crippen molar-refractivity contribution in [2.24, 2.45) is 0 Å². The number of aliphatic hydroxyl groups is 1. The lowest BCUT2D eigenvalue weighted by molar-refractivity contribution is -0.106. The zero-order valence-corrected chi connectivity index (χ0v) is 16.1. The fraction of sp³-hybridized carbons (Fsp3) is 0.400. The number of ether oxygens (including phenoxy) is 3. The number of methoxy groups -OCH3 is 2. The molecule has 2 aromatic rings. The van der Waals surface area contributed by atoms with Gasteiger partial charge >= 0.3 is 0 Å². The molecule has 5 heteroatoms. The summed E-state index contributed by atoms with van der Waals surface area (Å²) < 4.78 is 16.9. The Balaban J connectivity index is 2.50. The van der Waals surface area contributed by atoms with Crippen LogP contribution in [0.2, 0.25) is 5.02 Å². The molecule has 0 aliphatic carbocycles. The first-order valence-electron chi connectivity index (χ1n) is 8.23. The van der Waals surface area contributed by atoms with Crippen LogP contribution in [0.4, 0.5) is 0 Å². The summed E-state index contributed by atoms with van der Waals surface area (Å²) in [4.78, 5) is 0. The molecule has 0 aromatic heterocycles. The number of hydrogen-bond acceptors (Lipinski definition) is 4. The average molecular weight is 365 g/mol. The fourth-order valence-electron chi connectivity index (χ4n) is 2.62. The smallest absolute Gasteiger partial charge is 0.186 e. The van der Waals surface area contributed by atoms with Crippen LogP contribution in [0, 0.1) is 13.8 Å². The third-order valence-corrected chi connectivity index (χ3v) is 4.79. The second-order valence-electron chi connectivity index (χ2n) is 5.92. The van der Waals surface area contributed by atoms with E-state index < -0.39 is 12.4 Å². The summed E-state index contributed by atoms with van der Waals surface area (Å²) in [6.45, 7) is 5.85. The quantitative estimate of drug-likeness (QED) is 0.660. The van der Waals surface area contributed by atoms with Crippen LogP contribution in [-0.2, 0) is 9.47 Å². The monoisotopic (exact) mass is 364 g/mol. The Morgan fingerprint density at radius 1 is 1.00 bits per heavy atom. The van der Waals surface area contributed by atoms with E-state index in [1.807, 2.05) is 51.1 Å². The van der Waals surface area contributed by atoms with Crippen molar-refractivity contribution >= 4 is 11.6 Å². The van der Waals surface area contributed by atoms with Crippen molar-refractivity contribution in [1.29, 1.82) is 0 Å². The van der Waals surface area contributed by atoms with E-state index in [0.29, 0.717) is 22.9 Å². The number of rotatable bonds is 7. The van der Waals surface area contributed by atoms with E-state index in [2.05, 4.69) is 0 Å². The van der Waals surface area contributed by atoms with Gasteiger partial charge in [0.25, 0.3) is 0 Å². The molecule has 25 heavy (non-hydrogen) atoms. The van der Waals surface area contributed by atoms with Crippen LogP contribution in [0.15, 0.2) is 30.3 Å². The van der Waals surface area contributed by atoms with E-state index in [4.69, 9.17) is 25.8 Å². The van der Waals surface area contributed by atoms with Crippen LogP contribution in [0.25, 0.3) is 0 Å². The average Bonchev–Trinajstić information content (AvgIpc) is 2.63. The van der Waals surface area contributed by atoms with Crippen LogP contribution >= 0.6 is 11.6 Å². The molecule has 0 saturated carbocycles. The third kappa shape index (κ3) is 4.33. The van der Waals surface area contributed by atoms with Crippen molar-refractivity contribution in [3.63, 3.8) is 0 Å². The second kappa shape index (κ2) is 8.68. The van der Waals surface area contributed by atoms with Crippen molar-refractivity contribution < 1.29 is 19.3 Å². The lowest BCUT2D eigenvalue weighted by Crippen LogP contribution is -2.07. The molecule has 1 atom stereocenters. The van der Waals surface area contributed by atoms with E-state index in [1.54, 1.807) is 14.2 Å². The van der Waals surface area contributed by atoms with Gasteiger partial charge in [0.2, 0.25) is 0 Å². The second-order valence-corrected chi connectivity index (χ2v) is 6.33. The molecule has 0 saturated heterocycles. The third-order valence-electron chi connectivity index (χ3n) is 4.38. The highest BCUT2D eigenvalue weighted by Gasteiger charge is 2.19. The SMILES string of the molecule is CCC(O)c1ccc(C(OC)OC)c(Oc2ccc(Cl)c(C)c2C)c1. The van der Waals surface area contributed by atoms with Crippen molar-refractivity contribution in [3.8, 4) is 11.5 Å². The normalized spacial score (nSPS) is 12.5. The molecular formula is C20H25ClO4. The summed E-state index contributed by atoms with van der Waals surface area (Å²) >= 11 is 6.17. The minimum Gasteiger partial charge on any atom is -0.457 e. The highest BCUT2D eigenvalue weighted by atomic mass is 35.5. The highest BCUT2D eigenvalue weighted by Crippen LogP contribution is 2.37. The van der Waals surface area contributed by atoms with E-state index in [0.717, 1.165) is 22.3 Å². The Labute approximate surface area is 154 Å². The first kappa shape index (κ1) is 19.7. The molecule has 0 bridgehead atoms. The fourth-order valence-corrected chi connectivity index (χ4v) is 2.82.